The number of hydrogen-bond acceptors (Lipinski definition) is 5. The zero-order chi connectivity index (χ0) is 21.1. The molecule has 156 valence electrons. The zero-order valence-electron chi connectivity index (χ0n) is 16.3. The van der Waals surface area contributed by atoms with Gasteiger partial charge in [-0.3, -0.25) is 4.79 Å². The predicted octanol–water partition coefficient (Wildman–Crippen LogP) is 4.38. The van der Waals surface area contributed by atoms with E-state index < -0.39 is 5.82 Å². The molecule has 2 heterocycles. The van der Waals surface area contributed by atoms with Gasteiger partial charge in [0.1, 0.15) is 11.4 Å². The Hall–Kier alpha value is -2.90. The summed E-state index contributed by atoms with van der Waals surface area (Å²) in [6.45, 7) is 1.11. The lowest BCUT2D eigenvalue weighted by Crippen LogP contribution is -2.34. The van der Waals surface area contributed by atoms with E-state index in [1.807, 2.05) is 6.07 Å². The van der Waals surface area contributed by atoms with Gasteiger partial charge in [0.05, 0.1) is 23.9 Å². The summed E-state index contributed by atoms with van der Waals surface area (Å²) in [4.78, 5) is 17.3. The van der Waals surface area contributed by atoms with Gasteiger partial charge in [-0.15, -0.1) is 0 Å². The molecule has 8 heteroatoms. The fraction of sp³-hybridized carbons (Fsp3) is 0.273. The molecule has 4 rings (SSSR count). The second-order valence-electron chi connectivity index (χ2n) is 6.90. The molecule has 1 aromatic heterocycles. The summed E-state index contributed by atoms with van der Waals surface area (Å²) in [5.74, 6) is -0.388. The van der Waals surface area contributed by atoms with E-state index in [9.17, 15) is 9.18 Å². The number of rotatable bonds is 5. The molecule has 1 atom stereocenters. The molecule has 0 saturated carbocycles. The van der Waals surface area contributed by atoms with Crippen LogP contribution in [0.5, 0.6) is 5.75 Å². The maximum Gasteiger partial charge on any atom is 0.256 e. The van der Waals surface area contributed by atoms with Gasteiger partial charge < -0.3 is 19.2 Å². The molecule has 1 amide bonds. The molecule has 1 unspecified atom stereocenters. The molecule has 2 aromatic carbocycles. The van der Waals surface area contributed by atoms with Crippen molar-refractivity contribution in [1.29, 1.82) is 0 Å². The van der Waals surface area contributed by atoms with Gasteiger partial charge in [0.2, 0.25) is 5.55 Å². The van der Waals surface area contributed by atoms with Gasteiger partial charge in [-0.05, 0) is 43.2 Å². The van der Waals surface area contributed by atoms with E-state index in [2.05, 4.69) is 10.3 Å². The Morgan fingerprint density at radius 2 is 2.20 bits per heavy atom. The highest BCUT2D eigenvalue weighted by molar-refractivity contribution is 6.31. The lowest BCUT2D eigenvalue weighted by Gasteiger charge is -2.12. The second kappa shape index (κ2) is 8.85. The first-order valence-electron chi connectivity index (χ1n) is 9.55. The third kappa shape index (κ3) is 4.32. The van der Waals surface area contributed by atoms with E-state index in [0.717, 1.165) is 12.8 Å². The summed E-state index contributed by atoms with van der Waals surface area (Å²) in [6.07, 6.45) is 1.89. The first-order chi connectivity index (χ1) is 14.5. The number of nitrogens with zero attached hydrogens (tertiary/aromatic N) is 1. The number of para-hydroxylation sites is 1. The van der Waals surface area contributed by atoms with Crippen molar-refractivity contribution in [1.82, 2.24) is 5.32 Å². The normalized spacial score (nSPS) is 16.8. The van der Waals surface area contributed by atoms with Crippen LogP contribution in [0.4, 0.5) is 10.1 Å². The Morgan fingerprint density at radius 1 is 1.33 bits per heavy atom. The van der Waals surface area contributed by atoms with E-state index in [-0.39, 0.29) is 28.2 Å². The summed E-state index contributed by atoms with van der Waals surface area (Å²) < 4.78 is 30.4. The highest BCUT2D eigenvalue weighted by Crippen LogP contribution is 2.26. The largest absolute Gasteiger partial charge is 0.493 e. The van der Waals surface area contributed by atoms with Crippen LogP contribution in [-0.2, 0) is 4.74 Å². The van der Waals surface area contributed by atoms with Crippen LogP contribution >= 0.6 is 11.6 Å². The van der Waals surface area contributed by atoms with Crippen LogP contribution in [0.3, 0.4) is 0 Å². The number of fused-ring (bicyclic) bond motifs is 1. The van der Waals surface area contributed by atoms with Crippen LogP contribution in [0.2, 0.25) is 5.02 Å². The fourth-order valence-corrected chi connectivity index (χ4v) is 3.48. The molecular formula is C22H20ClFN2O4. The maximum atomic E-state index is 13.5. The minimum absolute atomic E-state index is 0.00253. The molecule has 1 fully saturated rings. The van der Waals surface area contributed by atoms with Crippen molar-refractivity contribution in [3.63, 3.8) is 0 Å². The van der Waals surface area contributed by atoms with E-state index in [0.29, 0.717) is 35.6 Å². The quantitative estimate of drug-likeness (QED) is 0.652. The summed E-state index contributed by atoms with van der Waals surface area (Å²) in [5, 5.41) is 3.50. The predicted molar refractivity (Wildman–Crippen MR) is 111 cm³/mol. The van der Waals surface area contributed by atoms with E-state index >= 15 is 0 Å². The van der Waals surface area contributed by atoms with Gasteiger partial charge in [-0.1, -0.05) is 23.7 Å². The minimum Gasteiger partial charge on any atom is -0.493 e. The molecule has 6 nitrogen and oxygen atoms in total. The number of ether oxygens (including phenoxy) is 2. The van der Waals surface area contributed by atoms with Crippen LogP contribution in [0, 0.1) is 5.82 Å². The second-order valence-corrected chi connectivity index (χ2v) is 7.31. The monoisotopic (exact) mass is 430 g/mol. The third-order valence-electron chi connectivity index (χ3n) is 4.85. The third-order valence-corrected chi connectivity index (χ3v) is 5.14. The van der Waals surface area contributed by atoms with Gasteiger partial charge in [0.15, 0.2) is 11.3 Å². The Balaban J connectivity index is 1.79. The summed E-state index contributed by atoms with van der Waals surface area (Å²) >= 11 is 5.87. The summed E-state index contributed by atoms with van der Waals surface area (Å²) in [5.41, 5.74) is 1.11. The number of amides is 1. The zero-order valence-corrected chi connectivity index (χ0v) is 17.0. The molecule has 1 aliphatic rings. The van der Waals surface area contributed by atoms with Gasteiger partial charge in [-0.25, -0.2) is 9.38 Å². The van der Waals surface area contributed by atoms with Crippen LogP contribution in [0.1, 0.15) is 23.2 Å². The molecule has 1 aliphatic heterocycles. The van der Waals surface area contributed by atoms with Crippen molar-refractivity contribution in [3.8, 4) is 5.75 Å². The number of halogens is 2. The molecule has 0 aliphatic carbocycles. The molecule has 1 saturated heterocycles. The van der Waals surface area contributed by atoms with Crippen molar-refractivity contribution >= 4 is 34.2 Å². The van der Waals surface area contributed by atoms with Gasteiger partial charge >= 0.3 is 0 Å². The van der Waals surface area contributed by atoms with Crippen molar-refractivity contribution in [2.24, 2.45) is 4.99 Å². The number of carbonyl (C=O) groups excluding carboxylic acids is 1. The number of nitrogens with one attached hydrogen (secondary N) is 1. The van der Waals surface area contributed by atoms with Gasteiger partial charge in [0, 0.05) is 18.5 Å². The number of hydrogen-bond donors (Lipinski definition) is 1. The Labute approximate surface area is 177 Å². The maximum absolute atomic E-state index is 13.5. The topological polar surface area (TPSA) is 73.1 Å². The Morgan fingerprint density at radius 3 is 2.93 bits per heavy atom. The van der Waals surface area contributed by atoms with Gasteiger partial charge in [0.25, 0.3) is 5.91 Å². The smallest absolute Gasteiger partial charge is 0.256 e. The lowest BCUT2D eigenvalue weighted by atomic mass is 10.1. The molecule has 3 aromatic rings. The van der Waals surface area contributed by atoms with Crippen molar-refractivity contribution < 1.29 is 23.1 Å². The van der Waals surface area contributed by atoms with Crippen LogP contribution in [0.15, 0.2) is 51.9 Å². The van der Waals surface area contributed by atoms with Crippen molar-refractivity contribution in [2.45, 2.75) is 18.9 Å². The molecule has 0 spiro atoms. The van der Waals surface area contributed by atoms with Gasteiger partial charge in [-0.2, -0.15) is 0 Å². The highest BCUT2D eigenvalue weighted by atomic mass is 35.5. The summed E-state index contributed by atoms with van der Waals surface area (Å²) in [6, 6.07) is 11.1. The molecule has 0 radical (unpaired) electrons. The molecule has 0 bridgehead atoms. The first-order valence-corrected chi connectivity index (χ1v) is 9.93. The lowest BCUT2D eigenvalue weighted by molar-refractivity contribution is 0.0854. The number of carbonyl (C=O) groups is 1. The van der Waals surface area contributed by atoms with Crippen LogP contribution < -0.4 is 15.6 Å². The van der Waals surface area contributed by atoms with Crippen molar-refractivity contribution in [3.05, 3.63) is 64.4 Å². The first kappa shape index (κ1) is 20.4. The highest BCUT2D eigenvalue weighted by Gasteiger charge is 2.19. The van der Waals surface area contributed by atoms with E-state index in [1.165, 1.54) is 25.3 Å². The van der Waals surface area contributed by atoms with E-state index in [1.54, 1.807) is 18.2 Å². The molecule has 30 heavy (non-hydrogen) atoms. The fourth-order valence-electron chi connectivity index (χ4n) is 3.31. The summed E-state index contributed by atoms with van der Waals surface area (Å²) in [7, 11) is 1.53. The molecule has 1 N–H and O–H groups in total. The SMILES string of the molecule is COc1cccc2cc(C(=O)NCC3CCCO3)c(=Nc3ccc(F)c(Cl)c3)oc12. The Bertz CT molecular complexity index is 1160. The molecular weight excluding hydrogens is 411 g/mol. The van der Waals surface area contributed by atoms with E-state index in [4.69, 9.17) is 25.5 Å². The standard InChI is InChI=1S/C22H20ClFN2O4/c1-28-19-6-2-4-13-10-16(21(27)25-12-15-5-3-9-29-15)22(30-20(13)19)26-14-7-8-18(24)17(23)11-14/h2,4,6-8,10-11,15H,3,5,9,12H2,1H3,(H,25,27). The minimum atomic E-state index is -0.553. The van der Waals surface area contributed by atoms with Crippen molar-refractivity contribution in [2.75, 3.05) is 20.3 Å². The van der Waals surface area contributed by atoms with Crippen LogP contribution in [0.25, 0.3) is 11.0 Å². The number of benzene rings is 2. The average molecular weight is 431 g/mol. The van der Waals surface area contributed by atoms with Crippen LogP contribution in [-0.4, -0.2) is 32.3 Å². The Kier molecular flexibility index (Phi) is 6.01. The number of methoxy groups -OCH3 is 1. The average Bonchev–Trinajstić information content (AvgIpc) is 3.27.